The first-order chi connectivity index (χ1) is 12.6. The molecule has 0 aromatic heterocycles. The van der Waals surface area contributed by atoms with Crippen LogP contribution in [0.4, 0.5) is 0 Å². The molecule has 6 nitrogen and oxygen atoms in total. The molecule has 0 amide bonds. The van der Waals surface area contributed by atoms with E-state index in [2.05, 4.69) is 23.3 Å². The lowest BCUT2D eigenvalue weighted by Crippen LogP contribution is -2.38. The van der Waals surface area contributed by atoms with Gasteiger partial charge in [0.2, 0.25) is 0 Å². The van der Waals surface area contributed by atoms with Crippen LogP contribution in [0.25, 0.3) is 0 Å². The number of nitrogens with two attached hydrogens (primary N) is 1. The smallest absolute Gasteiger partial charge is 0.189 e. The zero-order valence-corrected chi connectivity index (χ0v) is 18.2. The monoisotopic (exact) mass is 487 g/mol. The summed E-state index contributed by atoms with van der Waals surface area (Å²) >= 11 is 0. The largest absolute Gasteiger partial charge is 0.493 e. The Kier molecular flexibility index (Phi) is 6.86. The molecule has 1 aromatic rings. The van der Waals surface area contributed by atoms with Gasteiger partial charge in [0.15, 0.2) is 11.7 Å². The summed E-state index contributed by atoms with van der Waals surface area (Å²) in [7, 11) is 0. The molecule has 1 aromatic carbocycles. The zero-order valence-electron chi connectivity index (χ0n) is 15.9. The maximum absolute atomic E-state index is 6.20. The Balaban J connectivity index is 0.00000210. The van der Waals surface area contributed by atoms with E-state index >= 15 is 0 Å². The molecule has 1 saturated carbocycles. The van der Waals surface area contributed by atoms with E-state index < -0.39 is 0 Å². The standard InChI is InChI=1S/C20H29N3O3.HI/c1-14-6-9-20(10-7-14)25-13-15(26-20)12-22-19(21)23-17-8-11-24-18-5-3-2-4-16(17)18;/h2-5,14-15,17H,6-13H2,1H3,(H3,21,22,23);1H. The number of hydrogen-bond acceptors (Lipinski definition) is 4. The topological polar surface area (TPSA) is 78.1 Å². The van der Waals surface area contributed by atoms with E-state index in [4.69, 9.17) is 19.9 Å². The lowest BCUT2D eigenvalue weighted by Gasteiger charge is -2.34. The molecule has 1 saturated heterocycles. The van der Waals surface area contributed by atoms with Gasteiger partial charge >= 0.3 is 0 Å². The third-order valence-electron chi connectivity index (χ3n) is 5.70. The fourth-order valence-corrected chi connectivity index (χ4v) is 4.09. The van der Waals surface area contributed by atoms with Gasteiger partial charge in [0, 0.05) is 24.8 Å². The summed E-state index contributed by atoms with van der Waals surface area (Å²) < 4.78 is 17.9. The summed E-state index contributed by atoms with van der Waals surface area (Å²) in [6.45, 7) is 4.11. The van der Waals surface area contributed by atoms with Crippen molar-refractivity contribution in [2.45, 2.75) is 57.0 Å². The van der Waals surface area contributed by atoms with E-state index in [-0.39, 0.29) is 41.9 Å². The molecule has 2 aliphatic heterocycles. The van der Waals surface area contributed by atoms with Crippen molar-refractivity contribution in [2.24, 2.45) is 16.6 Å². The number of aliphatic imine (C=N–C) groups is 1. The summed E-state index contributed by atoms with van der Waals surface area (Å²) in [5, 5.41) is 3.33. The number of ether oxygens (including phenoxy) is 3. The van der Waals surface area contributed by atoms with Crippen molar-refractivity contribution in [3.05, 3.63) is 29.8 Å². The SMILES string of the molecule is CC1CCC2(CC1)OCC(CN=C(N)NC1CCOc3ccccc31)O2.I. The first-order valence-corrected chi connectivity index (χ1v) is 9.73. The second-order valence-electron chi connectivity index (χ2n) is 7.74. The second-order valence-corrected chi connectivity index (χ2v) is 7.74. The van der Waals surface area contributed by atoms with Crippen LogP contribution >= 0.6 is 24.0 Å². The number of benzene rings is 1. The van der Waals surface area contributed by atoms with E-state index in [0.29, 0.717) is 25.7 Å². The average molecular weight is 487 g/mol. The molecule has 4 rings (SSSR count). The van der Waals surface area contributed by atoms with Crippen LogP contribution in [-0.2, 0) is 9.47 Å². The molecule has 0 radical (unpaired) electrons. The summed E-state index contributed by atoms with van der Waals surface area (Å²) in [5.41, 5.74) is 7.26. The minimum Gasteiger partial charge on any atom is -0.493 e. The van der Waals surface area contributed by atoms with Gasteiger partial charge < -0.3 is 25.3 Å². The van der Waals surface area contributed by atoms with Crippen LogP contribution in [0.5, 0.6) is 5.75 Å². The second kappa shape index (κ2) is 8.96. The fourth-order valence-electron chi connectivity index (χ4n) is 4.09. The van der Waals surface area contributed by atoms with Crippen molar-refractivity contribution in [1.29, 1.82) is 0 Å². The van der Waals surface area contributed by atoms with Gasteiger partial charge in [-0.05, 0) is 24.8 Å². The maximum atomic E-state index is 6.20. The molecular weight excluding hydrogens is 457 g/mol. The predicted octanol–water partition coefficient (Wildman–Crippen LogP) is 3.35. The van der Waals surface area contributed by atoms with Crippen LogP contribution in [0.15, 0.2) is 29.3 Å². The first-order valence-electron chi connectivity index (χ1n) is 9.73. The highest BCUT2D eigenvalue weighted by molar-refractivity contribution is 14.0. The van der Waals surface area contributed by atoms with Gasteiger partial charge in [-0.3, -0.25) is 4.99 Å². The molecule has 27 heavy (non-hydrogen) atoms. The van der Waals surface area contributed by atoms with Crippen molar-refractivity contribution in [1.82, 2.24) is 5.32 Å². The number of hydrogen-bond donors (Lipinski definition) is 2. The Bertz CT molecular complexity index is 662. The average Bonchev–Trinajstić information content (AvgIpc) is 3.06. The fraction of sp³-hybridized carbons (Fsp3) is 0.650. The summed E-state index contributed by atoms with van der Waals surface area (Å²) in [5.74, 6) is 1.78. The van der Waals surface area contributed by atoms with Crippen LogP contribution in [0.3, 0.4) is 0 Å². The highest BCUT2D eigenvalue weighted by atomic mass is 127. The number of guanidine groups is 1. The number of fused-ring (bicyclic) bond motifs is 1. The molecule has 1 aliphatic carbocycles. The Morgan fingerprint density at radius 2 is 2.04 bits per heavy atom. The molecule has 0 bridgehead atoms. The van der Waals surface area contributed by atoms with Gasteiger partial charge in [0.1, 0.15) is 11.9 Å². The normalized spacial score (nSPS) is 33.1. The zero-order chi connectivity index (χ0) is 18.0. The molecule has 3 aliphatic rings. The lowest BCUT2D eigenvalue weighted by atomic mass is 9.86. The highest BCUT2D eigenvalue weighted by Gasteiger charge is 2.43. The number of nitrogens with zero attached hydrogens (tertiary/aromatic N) is 1. The Labute approximate surface area is 178 Å². The number of halogens is 1. The first kappa shape index (κ1) is 20.7. The van der Waals surface area contributed by atoms with E-state index in [9.17, 15) is 0 Å². The van der Waals surface area contributed by atoms with Gasteiger partial charge in [-0.25, -0.2) is 0 Å². The van der Waals surface area contributed by atoms with Crippen molar-refractivity contribution in [3.63, 3.8) is 0 Å². The molecule has 7 heteroatoms. The molecule has 1 spiro atoms. The molecule has 150 valence electrons. The minimum absolute atomic E-state index is 0. The van der Waals surface area contributed by atoms with Crippen molar-refractivity contribution in [2.75, 3.05) is 19.8 Å². The quantitative estimate of drug-likeness (QED) is 0.389. The minimum atomic E-state index is -0.367. The molecule has 2 heterocycles. The van der Waals surface area contributed by atoms with E-state index in [1.807, 2.05) is 18.2 Å². The highest BCUT2D eigenvalue weighted by Crippen LogP contribution is 2.39. The van der Waals surface area contributed by atoms with Crippen molar-refractivity contribution < 1.29 is 14.2 Å². The lowest BCUT2D eigenvalue weighted by molar-refractivity contribution is -0.190. The van der Waals surface area contributed by atoms with E-state index in [1.54, 1.807) is 0 Å². The maximum Gasteiger partial charge on any atom is 0.189 e. The summed E-state index contributed by atoms with van der Waals surface area (Å²) in [4.78, 5) is 4.50. The molecule has 2 fully saturated rings. The number of para-hydroxylation sites is 1. The number of rotatable bonds is 3. The molecule has 2 unspecified atom stereocenters. The molecule has 3 N–H and O–H groups in total. The van der Waals surface area contributed by atoms with Crippen LogP contribution in [0.2, 0.25) is 0 Å². The van der Waals surface area contributed by atoms with Crippen LogP contribution in [0, 0.1) is 5.92 Å². The summed E-state index contributed by atoms with van der Waals surface area (Å²) in [6.07, 6.45) is 5.18. The Hall–Kier alpha value is -1.06. The van der Waals surface area contributed by atoms with Gasteiger partial charge in [0.05, 0.1) is 25.8 Å². The van der Waals surface area contributed by atoms with Gasteiger partial charge in [-0.15, -0.1) is 24.0 Å². The number of nitrogens with one attached hydrogen (secondary N) is 1. The van der Waals surface area contributed by atoms with Crippen LogP contribution < -0.4 is 15.8 Å². The van der Waals surface area contributed by atoms with Crippen molar-refractivity contribution >= 4 is 29.9 Å². The van der Waals surface area contributed by atoms with Gasteiger partial charge in [-0.1, -0.05) is 25.1 Å². The predicted molar refractivity (Wildman–Crippen MR) is 116 cm³/mol. The Morgan fingerprint density at radius 1 is 1.26 bits per heavy atom. The van der Waals surface area contributed by atoms with Crippen LogP contribution in [-0.4, -0.2) is 37.6 Å². The van der Waals surface area contributed by atoms with Gasteiger partial charge in [0.25, 0.3) is 0 Å². The molecule has 2 atom stereocenters. The van der Waals surface area contributed by atoms with E-state index in [0.717, 1.165) is 36.5 Å². The summed E-state index contributed by atoms with van der Waals surface area (Å²) in [6, 6.07) is 8.20. The third-order valence-corrected chi connectivity index (χ3v) is 5.70. The molecular formula is C20H30IN3O3. The van der Waals surface area contributed by atoms with Crippen molar-refractivity contribution in [3.8, 4) is 5.75 Å². The third kappa shape index (κ3) is 4.86. The van der Waals surface area contributed by atoms with Gasteiger partial charge in [-0.2, -0.15) is 0 Å². The Morgan fingerprint density at radius 3 is 2.85 bits per heavy atom. The van der Waals surface area contributed by atoms with Crippen LogP contribution in [0.1, 0.15) is 50.6 Å². The van der Waals surface area contributed by atoms with E-state index in [1.165, 1.54) is 12.8 Å².